The molecule has 0 spiro atoms. The number of halogens is 1. The third-order valence-corrected chi connectivity index (χ3v) is 5.39. The topological polar surface area (TPSA) is 74.5 Å². The summed E-state index contributed by atoms with van der Waals surface area (Å²) < 4.78 is 7.57. The van der Waals surface area contributed by atoms with Crippen molar-refractivity contribution >= 4 is 41.5 Å². The monoisotopic (exact) mass is 512 g/mol. The van der Waals surface area contributed by atoms with E-state index in [1.165, 1.54) is 0 Å². The Morgan fingerprint density at radius 2 is 2.07 bits per heavy atom. The zero-order valence-corrected chi connectivity index (χ0v) is 19.1. The summed E-state index contributed by atoms with van der Waals surface area (Å²) in [6.07, 6.45) is 6.52. The number of fused-ring (bicyclic) bond motifs is 1. The van der Waals surface area contributed by atoms with Gasteiger partial charge in [-0.1, -0.05) is 6.07 Å². The number of ether oxygens (including phenoxy) is 1. The number of pyridine rings is 1. The van der Waals surface area contributed by atoms with Crippen LogP contribution in [0.4, 0.5) is 0 Å². The molecule has 158 valence electrons. The zero-order chi connectivity index (χ0) is 19.3. The summed E-state index contributed by atoms with van der Waals surface area (Å²) in [7, 11) is 1.80. The molecule has 4 rings (SSSR count). The number of carbonyl (C=O) groups excluding carboxylic acids is 1. The van der Waals surface area contributed by atoms with E-state index in [-0.39, 0.29) is 36.0 Å². The van der Waals surface area contributed by atoms with E-state index in [1.807, 2.05) is 33.7 Å². The van der Waals surface area contributed by atoms with Gasteiger partial charge in [-0.2, -0.15) is 0 Å². The van der Waals surface area contributed by atoms with E-state index in [0.717, 1.165) is 56.2 Å². The molecular weight excluding hydrogens is 483 g/mol. The van der Waals surface area contributed by atoms with Crippen LogP contribution in [0.25, 0.3) is 5.65 Å². The Labute approximate surface area is 188 Å². The van der Waals surface area contributed by atoms with Crippen molar-refractivity contribution < 1.29 is 9.53 Å². The number of hydrogen-bond acceptors (Lipinski definition) is 4. The quantitative estimate of drug-likeness (QED) is 0.381. The highest BCUT2D eigenvalue weighted by Gasteiger charge is 2.30. The molecule has 9 heteroatoms. The van der Waals surface area contributed by atoms with Crippen molar-refractivity contribution in [1.29, 1.82) is 0 Å². The molecule has 0 saturated carbocycles. The minimum Gasteiger partial charge on any atom is -0.368 e. The summed E-state index contributed by atoms with van der Waals surface area (Å²) in [5, 5.41) is 3.43. The van der Waals surface area contributed by atoms with Crippen molar-refractivity contribution in [3.63, 3.8) is 0 Å². The number of aromatic nitrogens is 2. The van der Waals surface area contributed by atoms with Gasteiger partial charge in [-0.15, -0.1) is 24.0 Å². The minimum atomic E-state index is -0.227. The molecule has 2 aromatic heterocycles. The summed E-state index contributed by atoms with van der Waals surface area (Å²) in [5.41, 5.74) is 2.02. The van der Waals surface area contributed by atoms with Gasteiger partial charge in [0.25, 0.3) is 5.91 Å². The highest BCUT2D eigenvalue weighted by Crippen LogP contribution is 2.16. The Morgan fingerprint density at radius 3 is 2.76 bits per heavy atom. The van der Waals surface area contributed by atoms with Crippen molar-refractivity contribution in [2.24, 2.45) is 4.99 Å². The number of imidazole rings is 1. The van der Waals surface area contributed by atoms with Gasteiger partial charge in [-0.25, -0.2) is 4.98 Å². The number of piperazine rings is 1. The molecule has 29 heavy (non-hydrogen) atoms. The van der Waals surface area contributed by atoms with Crippen LogP contribution in [-0.2, 0) is 16.0 Å². The van der Waals surface area contributed by atoms with E-state index in [9.17, 15) is 4.79 Å². The average molecular weight is 512 g/mol. The fourth-order valence-corrected chi connectivity index (χ4v) is 3.86. The molecule has 0 aromatic carbocycles. The Hall–Kier alpha value is -1.88. The number of guanidine groups is 1. The van der Waals surface area contributed by atoms with Gasteiger partial charge in [0.15, 0.2) is 5.96 Å². The number of hydrogen-bond donors (Lipinski definition) is 1. The fraction of sp³-hybridized carbons (Fsp3) is 0.550. The highest BCUT2D eigenvalue weighted by atomic mass is 127. The molecular formula is C20H29IN6O2. The highest BCUT2D eigenvalue weighted by molar-refractivity contribution is 14.0. The van der Waals surface area contributed by atoms with Crippen LogP contribution in [0.1, 0.15) is 18.5 Å². The van der Waals surface area contributed by atoms with E-state index in [1.54, 1.807) is 7.05 Å². The second kappa shape index (κ2) is 10.2. The van der Waals surface area contributed by atoms with Gasteiger partial charge < -0.3 is 24.3 Å². The van der Waals surface area contributed by atoms with Gasteiger partial charge >= 0.3 is 0 Å². The van der Waals surface area contributed by atoms with Crippen molar-refractivity contribution in [1.82, 2.24) is 24.5 Å². The number of nitrogens with one attached hydrogen (secondary N) is 1. The maximum Gasteiger partial charge on any atom is 0.251 e. The first kappa shape index (κ1) is 21.8. The van der Waals surface area contributed by atoms with Crippen LogP contribution in [0.5, 0.6) is 0 Å². The lowest BCUT2D eigenvalue weighted by Gasteiger charge is -2.37. The molecule has 0 bridgehead atoms. The smallest absolute Gasteiger partial charge is 0.251 e. The van der Waals surface area contributed by atoms with Crippen molar-refractivity contribution in [2.45, 2.75) is 25.4 Å². The molecule has 8 nitrogen and oxygen atoms in total. The summed E-state index contributed by atoms with van der Waals surface area (Å²) >= 11 is 0. The predicted molar refractivity (Wildman–Crippen MR) is 123 cm³/mol. The molecule has 1 atom stereocenters. The van der Waals surface area contributed by atoms with Gasteiger partial charge in [0, 0.05) is 65.2 Å². The molecule has 2 aromatic rings. The Morgan fingerprint density at radius 1 is 1.28 bits per heavy atom. The van der Waals surface area contributed by atoms with E-state index < -0.39 is 0 Å². The first-order chi connectivity index (χ1) is 13.7. The predicted octanol–water partition coefficient (Wildman–Crippen LogP) is 1.39. The molecule has 2 aliphatic heterocycles. The Kier molecular flexibility index (Phi) is 7.70. The molecule has 0 aliphatic carbocycles. The van der Waals surface area contributed by atoms with Gasteiger partial charge in [0.05, 0.1) is 5.69 Å². The molecule has 2 fully saturated rings. The molecule has 2 aliphatic rings. The van der Waals surface area contributed by atoms with Crippen LogP contribution in [0.15, 0.2) is 35.6 Å². The largest absolute Gasteiger partial charge is 0.368 e. The van der Waals surface area contributed by atoms with E-state index in [2.05, 4.69) is 26.4 Å². The van der Waals surface area contributed by atoms with Crippen molar-refractivity contribution in [3.8, 4) is 0 Å². The van der Waals surface area contributed by atoms with Crippen LogP contribution in [0.2, 0.25) is 0 Å². The summed E-state index contributed by atoms with van der Waals surface area (Å²) in [6.45, 7) is 4.47. The molecule has 1 N–H and O–H groups in total. The van der Waals surface area contributed by atoms with Gasteiger partial charge in [0.1, 0.15) is 11.8 Å². The molecule has 1 amide bonds. The molecule has 1 unspecified atom stereocenters. The number of nitrogens with zero attached hydrogens (tertiary/aromatic N) is 5. The van der Waals surface area contributed by atoms with E-state index in [4.69, 9.17) is 4.74 Å². The Bertz CT molecular complexity index is 807. The van der Waals surface area contributed by atoms with Crippen LogP contribution < -0.4 is 5.32 Å². The number of rotatable bonds is 4. The number of carbonyl (C=O) groups is 1. The molecule has 4 heterocycles. The fourth-order valence-electron chi connectivity index (χ4n) is 3.86. The maximum atomic E-state index is 12.5. The summed E-state index contributed by atoms with van der Waals surface area (Å²) in [6, 6.07) is 6.00. The van der Waals surface area contributed by atoms with E-state index in [0.29, 0.717) is 19.7 Å². The second-order valence-electron chi connectivity index (χ2n) is 7.24. The number of amides is 1. The number of aliphatic imine (C=N–C) groups is 1. The van der Waals surface area contributed by atoms with Gasteiger partial charge in [0.2, 0.25) is 0 Å². The average Bonchev–Trinajstić information content (AvgIpc) is 3.40. The third kappa shape index (κ3) is 5.19. The zero-order valence-electron chi connectivity index (χ0n) is 16.8. The summed E-state index contributed by atoms with van der Waals surface area (Å²) in [4.78, 5) is 25.7. The Balaban J connectivity index is 0.00000240. The van der Waals surface area contributed by atoms with Crippen LogP contribution in [0, 0.1) is 0 Å². The van der Waals surface area contributed by atoms with Crippen LogP contribution >= 0.6 is 24.0 Å². The van der Waals surface area contributed by atoms with E-state index >= 15 is 0 Å². The first-order valence-corrected chi connectivity index (χ1v) is 10.0. The van der Waals surface area contributed by atoms with Crippen LogP contribution in [-0.4, -0.2) is 83.5 Å². The second-order valence-corrected chi connectivity index (χ2v) is 7.24. The standard InChI is InChI=1S/C20H28N6O2.HI/c1-21-20(22-8-7-16-15-26-9-3-2-6-18(26)23-16)25-12-10-24(11-13-25)19(27)17-5-4-14-28-17;/h2-3,6,9,15,17H,4-5,7-8,10-14H2,1H3,(H,21,22);1H. The first-order valence-electron chi connectivity index (χ1n) is 10.0. The lowest BCUT2D eigenvalue weighted by Crippen LogP contribution is -2.55. The molecule has 2 saturated heterocycles. The van der Waals surface area contributed by atoms with Crippen molar-refractivity contribution in [3.05, 3.63) is 36.3 Å². The minimum absolute atomic E-state index is 0. The molecule has 0 radical (unpaired) electrons. The van der Waals surface area contributed by atoms with Gasteiger partial charge in [-0.05, 0) is 25.0 Å². The lowest BCUT2D eigenvalue weighted by molar-refractivity contribution is -0.142. The maximum absolute atomic E-state index is 12.5. The van der Waals surface area contributed by atoms with Gasteiger partial charge in [-0.3, -0.25) is 9.79 Å². The van der Waals surface area contributed by atoms with Crippen molar-refractivity contribution in [2.75, 3.05) is 46.4 Å². The lowest BCUT2D eigenvalue weighted by atomic mass is 10.2. The normalized spacial score (nSPS) is 20.0. The SMILES string of the molecule is CN=C(NCCc1cn2ccccc2n1)N1CCN(C(=O)C2CCCO2)CC1.I. The van der Waals surface area contributed by atoms with Crippen LogP contribution in [0.3, 0.4) is 0 Å². The third-order valence-electron chi connectivity index (χ3n) is 5.39. The summed E-state index contributed by atoms with van der Waals surface area (Å²) in [5.74, 6) is 1.03.